The van der Waals surface area contributed by atoms with Gasteiger partial charge in [0.2, 0.25) is 0 Å². The fourth-order valence-electron chi connectivity index (χ4n) is 2.15. The average Bonchev–Trinajstić information content (AvgIpc) is 2.48. The number of nitro groups is 1. The molecule has 0 aliphatic rings. The van der Waals surface area contributed by atoms with Crippen LogP contribution in [0.2, 0.25) is 0 Å². The molecule has 0 spiro atoms. The maximum absolute atomic E-state index is 12.2. The number of carbonyl (C=O) groups excluding carboxylic acids is 2. The molecule has 1 aromatic rings. The minimum atomic E-state index is -0.788. The van der Waals surface area contributed by atoms with Gasteiger partial charge in [-0.25, -0.2) is 9.59 Å². The number of anilines is 1. The van der Waals surface area contributed by atoms with Gasteiger partial charge < -0.3 is 9.47 Å². The van der Waals surface area contributed by atoms with Crippen LogP contribution in [0, 0.1) is 17.0 Å². The Hall–Kier alpha value is -2.64. The molecule has 1 N–H and O–H groups in total. The van der Waals surface area contributed by atoms with Gasteiger partial charge in [-0.1, -0.05) is 6.92 Å². The van der Waals surface area contributed by atoms with Gasteiger partial charge in [-0.2, -0.15) is 0 Å². The monoisotopic (exact) mass is 324 g/mol. The summed E-state index contributed by atoms with van der Waals surface area (Å²) in [6.07, 6.45) is -0.420. The first-order valence-corrected chi connectivity index (χ1v) is 7.28. The number of nitro benzene ring substituents is 1. The second-order valence-corrected chi connectivity index (χ2v) is 4.61. The van der Waals surface area contributed by atoms with Crippen molar-refractivity contribution in [2.75, 3.05) is 18.5 Å². The minimum Gasteiger partial charge on any atom is -0.462 e. The molecule has 0 aliphatic heterocycles. The van der Waals surface area contributed by atoms with Gasteiger partial charge in [0.25, 0.3) is 5.69 Å². The molecule has 0 radical (unpaired) electrons. The molecule has 0 unspecified atom stereocenters. The van der Waals surface area contributed by atoms with Gasteiger partial charge in [-0.15, -0.1) is 0 Å². The third-order valence-corrected chi connectivity index (χ3v) is 3.20. The first-order valence-electron chi connectivity index (χ1n) is 7.28. The average molecular weight is 324 g/mol. The van der Waals surface area contributed by atoms with Crippen molar-refractivity contribution in [3.8, 4) is 0 Å². The zero-order valence-corrected chi connectivity index (χ0v) is 13.6. The van der Waals surface area contributed by atoms with Gasteiger partial charge in [0.15, 0.2) is 0 Å². The van der Waals surface area contributed by atoms with Gasteiger partial charge in [0, 0.05) is 6.07 Å². The second kappa shape index (κ2) is 8.11. The van der Waals surface area contributed by atoms with Crippen molar-refractivity contribution in [3.63, 3.8) is 0 Å². The number of ether oxygens (including phenoxy) is 2. The third kappa shape index (κ3) is 4.18. The lowest BCUT2D eigenvalue weighted by molar-refractivity contribution is -0.385. The zero-order chi connectivity index (χ0) is 17.6. The summed E-state index contributed by atoms with van der Waals surface area (Å²) in [4.78, 5) is 34.6. The Morgan fingerprint density at radius 3 is 2.30 bits per heavy atom. The summed E-state index contributed by atoms with van der Waals surface area (Å²) in [5.41, 5.74) is 0.580. The molecule has 0 atom stereocenters. The van der Waals surface area contributed by atoms with Gasteiger partial charge in [0.05, 0.1) is 35.0 Å². The second-order valence-electron chi connectivity index (χ2n) is 4.61. The van der Waals surface area contributed by atoms with Crippen molar-refractivity contribution in [2.24, 2.45) is 0 Å². The number of rotatable bonds is 6. The molecular formula is C15H20N2O6. The molecule has 0 bridgehead atoms. The topological polar surface area (TPSA) is 108 Å². The lowest BCUT2D eigenvalue weighted by atomic mass is 9.97. The predicted octanol–water partition coefficient (Wildman–Crippen LogP) is 3.21. The quantitative estimate of drug-likeness (QED) is 0.489. The van der Waals surface area contributed by atoms with Gasteiger partial charge in [-0.05, 0) is 32.8 Å². The number of benzene rings is 1. The summed E-state index contributed by atoms with van der Waals surface area (Å²) in [6.45, 7) is 6.78. The molecule has 0 aliphatic carbocycles. The van der Waals surface area contributed by atoms with Crippen LogP contribution >= 0.6 is 0 Å². The molecular weight excluding hydrogens is 304 g/mol. The number of nitrogens with zero attached hydrogens (tertiary/aromatic N) is 1. The lowest BCUT2D eigenvalue weighted by Gasteiger charge is -2.16. The normalized spacial score (nSPS) is 10.1. The summed E-state index contributed by atoms with van der Waals surface area (Å²) in [7, 11) is 0. The van der Waals surface area contributed by atoms with Crippen LogP contribution in [0.3, 0.4) is 0 Å². The van der Waals surface area contributed by atoms with Crippen molar-refractivity contribution in [3.05, 3.63) is 32.9 Å². The van der Waals surface area contributed by atoms with Crippen LogP contribution in [-0.4, -0.2) is 30.2 Å². The number of hydrogen-bond acceptors (Lipinski definition) is 6. The van der Waals surface area contributed by atoms with E-state index in [0.717, 1.165) is 0 Å². The highest BCUT2D eigenvalue weighted by Gasteiger charge is 2.27. The Kier molecular flexibility index (Phi) is 6.49. The summed E-state index contributed by atoms with van der Waals surface area (Å²) >= 11 is 0. The lowest BCUT2D eigenvalue weighted by Crippen LogP contribution is -2.20. The van der Waals surface area contributed by atoms with E-state index in [1.165, 1.54) is 13.0 Å². The Morgan fingerprint density at radius 1 is 1.22 bits per heavy atom. The van der Waals surface area contributed by atoms with Gasteiger partial charge >= 0.3 is 12.1 Å². The highest BCUT2D eigenvalue weighted by molar-refractivity contribution is 6.03. The van der Waals surface area contributed by atoms with E-state index in [-0.39, 0.29) is 35.7 Å². The highest BCUT2D eigenvalue weighted by Crippen LogP contribution is 2.33. The highest BCUT2D eigenvalue weighted by atomic mass is 16.6. The molecule has 0 saturated heterocycles. The van der Waals surface area contributed by atoms with Crippen LogP contribution in [0.5, 0.6) is 0 Å². The maximum atomic E-state index is 12.2. The number of aryl methyl sites for hydroxylation is 1. The molecule has 0 saturated carbocycles. The Morgan fingerprint density at radius 2 is 1.83 bits per heavy atom. The summed E-state index contributed by atoms with van der Waals surface area (Å²) in [5, 5.41) is 13.6. The standard InChI is InChI=1S/C15H20N2O6/c1-5-10-8-11(17(20)21)9(4)13(16-15(19)23-7-3)12(10)14(18)22-6-2/h8H,5-7H2,1-4H3,(H,16,19). The van der Waals surface area contributed by atoms with Crippen molar-refractivity contribution in [2.45, 2.75) is 34.1 Å². The van der Waals surface area contributed by atoms with Gasteiger partial charge in [0.1, 0.15) is 0 Å². The zero-order valence-electron chi connectivity index (χ0n) is 13.6. The van der Waals surface area contributed by atoms with E-state index in [4.69, 9.17) is 9.47 Å². The van der Waals surface area contributed by atoms with E-state index < -0.39 is 17.0 Å². The molecule has 8 nitrogen and oxygen atoms in total. The summed E-state index contributed by atoms with van der Waals surface area (Å²) in [6, 6.07) is 1.33. The molecule has 1 amide bonds. The Balaban J connectivity index is 3.56. The van der Waals surface area contributed by atoms with E-state index in [9.17, 15) is 19.7 Å². The predicted molar refractivity (Wildman–Crippen MR) is 83.8 cm³/mol. The third-order valence-electron chi connectivity index (χ3n) is 3.20. The molecule has 23 heavy (non-hydrogen) atoms. The number of esters is 1. The summed E-state index contributed by atoms with van der Waals surface area (Å²) in [5.74, 6) is -0.644. The smallest absolute Gasteiger partial charge is 0.411 e. The van der Waals surface area contributed by atoms with Crippen molar-refractivity contribution >= 4 is 23.4 Å². The van der Waals surface area contributed by atoms with Gasteiger partial charge in [-0.3, -0.25) is 15.4 Å². The molecule has 0 aromatic heterocycles. The fourth-order valence-corrected chi connectivity index (χ4v) is 2.15. The molecule has 1 aromatic carbocycles. The SMILES string of the molecule is CCOC(=O)Nc1c(C)c([N+](=O)[O-])cc(CC)c1C(=O)OCC. The maximum Gasteiger partial charge on any atom is 0.411 e. The molecule has 8 heteroatoms. The number of nitrogens with one attached hydrogen (secondary N) is 1. The van der Waals surface area contributed by atoms with Crippen LogP contribution < -0.4 is 5.32 Å². The van der Waals surface area contributed by atoms with Crippen LogP contribution in [0.25, 0.3) is 0 Å². The van der Waals surface area contributed by atoms with Crippen LogP contribution in [0.15, 0.2) is 6.07 Å². The number of hydrogen-bond donors (Lipinski definition) is 1. The van der Waals surface area contributed by atoms with E-state index in [1.807, 2.05) is 0 Å². The Bertz CT molecular complexity index is 627. The van der Waals surface area contributed by atoms with E-state index in [2.05, 4.69) is 5.32 Å². The first-order chi connectivity index (χ1) is 10.9. The van der Waals surface area contributed by atoms with Crippen molar-refractivity contribution < 1.29 is 24.0 Å². The Labute approximate surface area is 133 Å². The summed E-state index contributed by atoms with van der Waals surface area (Å²) < 4.78 is 9.80. The first kappa shape index (κ1) is 18.4. The van der Waals surface area contributed by atoms with Crippen LogP contribution in [0.1, 0.15) is 42.3 Å². The van der Waals surface area contributed by atoms with E-state index in [1.54, 1.807) is 20.8 Å². The van der Waals surface area contributed by atoms with E-state index >= 15 is 0 Å². The van der Waals surface area contributed by atoms with Crippen molar-refractivity contribution in [1.82, 2.24) is 0 Å². The molecule has 0 heterocycles. The minimum absolute atomic E-state index is 0.0490. The molecule has 126 valence electrons. The van der Waals surface area contributed by atoms with Crippen LogP contribution in [0.4, 0.5) is 16.2 Å². The van der Waals surface area contributed by atoms with Crippen molar-refractivity contribution in [1.29, 1.82) is 0 Å². The van der Waals surface area contributed by atoms with Crippen LogP contribution in [-0.2, 0) is 15.9 Å². The number of carbonyl (C=O) groups is 2. The molecule has 1 rings (SSSR count). The number of amides is 1. The molecule has 0 fully saturated rings. The largest absolute Gasteiger partial charge is 0.462 e. The van der Waals surface area contributed by atoms with E-state index in [0.29, 0.717) is 12.0 Å². The fraction of sp³-hybridized carbons (Fsp3) is 0.467.